The van der Waals surface area contributed by atoms with Crippen LogP contribution in [0.25, 0.3) is 0 Å². The van der Waals surface area contributed by atoms with Crippen LogP contribution in [0.2, 0.25) is 0 Å². The molecule has 1 heteroatoms. The third-order valence-corrected chi connectivity index (χ3v) is 3.59. The fourth-order valence-corrected chi connectivity index (χ4v) is 2.72. The Kier molecular flexibility index (Phi) is 2.60. The van der Waals surface area contributed by atoms with Crippen molar-refractivity contribution in [1.82, 2.24) is 0 Å². The van der Waals surface area contributed by atoms with E-state index < -0.39 is 0 Å². The average Bonchev–Trinajstić information content (AvgIpc) is 2.43. The van der Waals surface area contributed by atoms with Crippen molar-refractivity contribution in [1.29, 1.82) is 0 Å². The molecule has 2 aliphatic carbocycles. The first kappa shape index (κ1) is 9.76. The second kappa shape index (κ2) is 3.20. The number of fused-ring (bicyclic) bond motifs is 2. The quantitative estimate of drug-likeness (QED) is 0.543. The Balaban J connectivity index is 0.000000336. The molecule has 2 fully saturated rings. The summed E-state index contributed by atoms with van der Waals surface area (Å²) in [5.41, 5.74) is 0.344. The van der Waals surface area contributed by atoms with E-state index in [-0.39, 0.29) is 0 Å². The minimum atomic E-state index is 0.344. The van der Waals surface area contributed by atoms with E-state index in [1.165, 1.54) is 6.42 Å². The molecule has 2 unspecified atom stereocenters. The predicted molar refractivity (Wildman–Crippen MR) is 51.0 cm³/mol. The van der Waals surface area contributed by atoms with Gasteiger partial charge in [-0.2, -0.15) is 0 Å². The van der Waals surface area contributed by atoms with Gasteiger partial charge in [-0.05, 0) is 24.2 Å². The largest absolute Gasteiger partial charge is 0.299 e. The van der Waals surface area contributed by atoms with Gasteiger partial charge in [0.2, 0.25) is 0 Å². The molecule has 0 aromatic heterocycles. The fourth-order valence-electron chi connectivity index (χ4n) is 2.72. The van der Waals surface area contributed by atoms with Gasteiger partial charge < -0.3 is 0 Å². The van der Waals surface area contributed by atoms with Crippen LogP contribution < -0.4 is 0 Å². The first-order valence-electron chi connectivity index (χ1n) is 5.15. The van der Waals surface area contributed by atoms with Crippen LogP contribution in [0.1, 0.15) is 47.0 Å². The zero-order valence-electron chi connectivity index (χ0n) is 8.68. The highest BCUT2D eigenvalue weighted by atomic mass is 16.1. The second-order valence-corrected chi connectivity index (χ2v) is 4.32. The highest BCUT2D eigenvalue weighted by Crippen LogP contribution is 2.55. The van der Waals surface area contributed by atoms with Gasteiger partial charge in [0.15, 0.2) is 0 Å². The zero-order chi connectivity index (χ0) is 9.35. The van der Waals surface area contributed by atoms with Crippen molar-refractivity contribution in [3.63, 3.8) is 0 Å². The minimum Gasteiger partial charge on any atom is -0.299 e. The van der Waals surface area contributed by atoms with Gasteiger partial charge in [-0.1, -0.05) is 27.7 Å². The first-order chi connectivity index (χ1) is 5.62. The Labute approximate surface area is 75.5 Å². The smallest absolute Gasteiger partial charge is 0.136 e. The van der Waals surface area contributed by atoms with Crippen LogP contribution in [0, 0.1) is 17.3 Å². The second-order valence-electron chi connectivity index (χ2n) is 4.32. The van der Waals surface area contributed by atoms with Gasteiger partial charge in [-0.25, -0.2) is 0 Å². The molecule has 0 aromatic rings. The summed E-state index contributed by atoms with van der Waals surface area (Å²) in [7, 11) is 0. The molecule has 0 aliphatic heterocycles. The zero-order valence-corrected chi connectivity index (χ0v) is 8.68. The number of rotatable bonds is 0. The summed E-state index contributed by atoms with van der Waals surface area (Å²) < 4.78 is 0. The Bertz CT molecular complexity index is 181. The van der Waals surface area contributed by atoms with E-state index in [2.05, 4.69) is 13.8 Å². The maximum atomic E-state index is 11.3. The number of ketones is 1. The van der Waals surface area contributed by atoms with E-state index in [0.29, 0.717) is 23.0 Å². The van der Waals surface area contributed by atoms with Gasteiger partial charge in [-0.15, -0.1) is 0 Å². The number of carbonyl (C=O) groups is 1. The number of hydrogen-bond acceptors (Lipinski definition) is 1. The normalized spacial score (nSPS) is 36.2. The fraction of sp³-hybridized carbons (Fsp3) is 0.909. The number of carbonyl (C=O) groups excluding carboxylic acids is 1. The Hall–Kier alpha value is -0.330. The summed E-state index contributed by atoms with van der Waals surface area (Å²) >= 11 is 0. The summed E-state index contributed by atoms with van der Waals surface area (Å²) in [4.78, 5) is 11.3. The van der Waals surface area contributed by atoms with Crippen LogP contribution in [0.5, 0.6) is 0 Å². The first-order valence-corrected chi connectivity index (χ1v) is 5.15. The van der Waals surface area contributed by atoms with E-state index in [0.717, 1.165) is 12.8 Å². The van der Waals surface area contributed by atoms with Crippen LogP contribution in [0.4, 0.5) is 0 Å². The summed E-state index contributed by atoms with van der Waals surface area (Å²) in [5, 5.41) is 0. The van der Waals surface area contributed by atoms with Gasteiger partial charge in [0.1, 0.15) is 5.78 Å². The van der Waals surface area contributed by atoms with Gasteiger partial charge in [0.05, 0.1) is 0 Å². The molecule has 0 spiro atoms. The molecule has 2 aliphatic rings. The molecule has 2 bridgehead atoms. The molecule has 70 valence electrons. The molecule has 2 saturated carbocycles. The minimum absolute atomic E-state index is 0.344. The third kappa shape index (κ3) is 1.19. The van der Waals surface area contributed by atoms with Crippen molar-refractivity contribution in [2.45, 2.75) is 47.0 Å². The average molecular weight is 168 g/mol. The molecular formula is C11H20O. The van der Waals surface area contributed by atoms with Gasteiger partial charge in [-0.3, -0.25) is 4.79 Å². The summed E-state index contributed by atoms with van der Waals surface area (Å²) in [5.74, 6) is 1.66. The van der Waals surface area contributed by atoms with Crippen LogP contribution in [-0.2, 0) is 4.79 Å². The lowest BCUT2D eigenvalue weighted by Gasteiger charge is -2.21. The highest BCUT2D eigenvalue weighted by Gasteiger charge is 2.52. The van der Waals surface area contributed by atoms with Crippen molar-refractivity contribution in [3.05, 3.63) is 0 Å². The molecule has 0 amide bonds. The van der Waals surface area contributed by atoms with Crippen molar-refractivity contribution >= 4 is 5.78 Å². The molecule has 0 saturated heterocycles. The highest BCUT2D eigenvalue weighted by molar-refractivity contribution is 5.85. The molecule has 0 radical (unpaired) electrons. The summed E-state index contributed by atoms with van der Waals surface area (Å²) in [6.07, 6.45) is 3.33. The van der Waals surface area contributed by atoms with Gasteiger partial charge in [0, 0.05) is 12.3 Å². The molecule has 1 nitrogen and oxygen atoms in total. The number of Topliss-reactive ketones (excluding diaryl/α,β-unsaturated/α-hetero) is 1. The van der Waals surface area contributed by atoms with Gasteiger partial charge >= 0.3 is 0 Å². The Morgan fingerprint density at radius 3 is 2.00 bits per heavy atom. The molecule has 2 atom stereocenters. The summed E-state index contributed by atoms with van der Waals surface area (Å²) in [6, 6.07) is 0. The maximum Gasteiger partial charge on any atom is 0.136 e. The molecule has 0 heterocycles. The van der Waals surface area contributed by atoms with E-state index in [9.17, 15) is 4.79 Å². The number of hydrogen-bond donors (Lipinski definition) is 0. The molecule has 12 heavy (non-hydrogen) atoms. The maximum absolute atomic E-state index is 11.3. The van der Waals surface area contributed by atoms with Crippen LogP contribution in [0.15, 0.2) is 0 Å². The standard InChI is InChI=1S/C9H14O.C2H6/c1-9(2)6-3-4-7(9)8(10)5-6;1-2/h6-7H,3-5H2,1-2H3;1-2H3. The van der Waals surface area contributed by atoms with Crippen molar-refractivity contribution in [2.24, 2.45) is 17.3 Å². The predicted octanol–water partition coefficient (Wildman–Crippen LogP) is 3.04. The van der Waals surface area contributed by atoms with Crippen molar-refractivity contribution in [3.8, 4) is 0 Å². The molecule has 0 N–H and O–H groups in total. The third-order valence-electron chi connectivity index (χ3n) is 3.59. The van der Waals surface area contributed by atoms with Crippen LogP contribution >= 0.6 is 0 Å². The van der Waals surface area contributed by atoms with E-state index >= 15 is 0 Å². The van der Waals surface area contributed by atoms with Crippen LogP contribution in [-0.4, -0.2) is 5.78 Å². The SMILES string of the molecule is CC.CC1(C)C2CCC1C(=O)C2. The Morgan fingerprint density at radius 1 is 1.25 bits per heavy atom. The summed E-state index contributed by atoms with van der Waals surface area (Å²) in [6.45, 7) is 8.50. The van der Waals surface area contributed by atoms with Gasteiger partial charge in [0.25, 0.3) is 0 Å². The molecule has 2 rings (SSSR count). The lowest BCUT2D eigenvalue weighted by Crippen LogP contribution is -2.19. The Morgan fingerprint density at radius 2 is 1.83 bits per heavy atom. The van der Waals surface area contributed by atoms with Crippen molar-refractivity contribution in [2.75, 3.05) is 0 Å². The van der Waals surface area contributed by atoms with Crippen LogP contribution in [0.3, 0.4) is 0 Å². The monoisotopic (exact) mass is 168 g/mol. The van der Waals surface area contributed by atoms with E-state index in [1.54, 1.807) is 0 Å². The van der Waals surface area contributed by atoms with E-state index in [1.807, 2.05) is 13.8 Å². The lowest BCUT2D eigenvalue weighted by atomic mass is 9.82. The van der Waals surface area contributed by atoms with E-state index in [4.69, 9.17) is 0 Å². The molecule has 0 aromatic carbocycles. The lowest BCUT2D eigenvalue weighted by molar-refractivity contribution is -0.122. The van der Waals surface area contributed by atoms with Crippen molar-refractivity contribution < 1.29 is 4.79 Å². The topological polar surface area (TPSA) is 17.1 Å². The molecular weight excluding hydrogens is 148 g/mol.